The monoisotopic (exact) mass is 407 g/mol. The van der Waals surface area contributed by atoms with Gasteiger partial charge in [-0.25, -0.2) is 4.39 Å². The molecule has 0 saturated heterocycles. The first-order chi connectivity index (χ1) is 11.6. The highest BCUT2D eigenvalue weighted by Gasteiger charge is 2.11. The Labute approximate surface area is 149 Å². The van der Waals surface area contributed by atoms with Crippen LogP contribution in [0.25, 0.3) is 11.5 Å². The van der Waals surface area contributed by atoms with Gasteiger partial charge in [0, 0.05) is 15.7 Å². The Bertz CT molecular complexity index is 837. The molecule has 1 aromatic heterocycles. The van der Waals surface area contributed by atoms with E-state index in [0.717, 1.165) is 16.2 Å². The van der Waals surface area contributed by atoms with Crippen LogP contribution < -0.4 is 5.32 Å². The third kappa shape index (κ3) is 4.42. The second kappa shape index (κ2) is 7.59. The molecule has 24 heavy (non-hydrogen) atoms. The van der Waals surface area contributed by atoms with Crippen molar-refractivity contribution in [1.29, 1.82) is 0 Å². The van der Waals surface area contributed by atoms with E-state index in [4.69, 9.17) is 4.42 Å². The van der Waals surface area contributed by atoms with E-state index >= 15 is 0 Å². The van der Waals surface area contributed by atoms with Crippen molar-refractivity contribution in [3.63, 3.8) is 0 Å². The lowest BCUT2D eigenvalue weighted by atomic mass is 10.2. The molecule has 1 N–H and O–H groups in total. The maximum Gasteiger partial charge on any atom is 0.277 e. The van der Waals surface area contributed by atoms with Gasteiger partial charge in [0.1, 0.15) is 5.82 Å². The maximum atomic E-state index is 12.9. The predicted octanol–water partition coefficient (Wildman–Crippen LogP) is 4.37. The van der Waals surface area contributed by atoms with Crippen LogP contribution in [0, 0.1) is 5.82 Å². The predicted molar refractivity (Wildman–Crippen MR) is 93.2 cm³/mol. The molecular weight excluding hydrogens is 397 g/mol. The molecular formula is C16H11BrFN3O2S. The number of amides is 1. The number of aromatic nitrogens is 2. The van der Waals surface area contributed by atoms with Crippen LogP contribution in [0.4, 0.5) is 10.1 Å². The number of hydrogen-bond acceptors (Lipinski definition) is 5. The maximum absolute atomic E-state index is 12.9. The smallest absolute Gasteiger partial charge is 0.277 e. The van der Waals surface area contributed by atoms with Crippen molar-refractivity contribution in [2.75, 3.05) is 11.1 Å². The number of rotatable bonds is 5. The van der Waals surface area contributed by atoms with E-state index in [1.54, 1.807) is 24.3 Å². The molecule has 2 aromatic carbocycles. The lowest BCUT2D eigenvalue weighted by Gasteiger charge is -2.03. The van der Waals surface area contributed by atoms with Crippen LogP contribution in [0.3, 0.4) is 0 Å². The van der Waals surface area contributed by atoms with E-state index in [9.17, 15) is 9.18 Å². The Morgan fingerprint density at radius 1 is 1.12 bits per heavy atom. The van der Waals surface area contributed by atoms with Crippen LogP contribution in [-0.2, 0) is 4.79 Å². The minimum atomic E-state index is -0.336. The van der Waals surface area contributed by atoms with Gasteiger partial charge in [-0.15, -0.1) is 10.2 Å². The molecule has 122 valence electrons. The van der Waals surface area contributed by atoms with Gasteiger partial charge in [-0.05, 0) is 48.5 Å². The van der Waals surface area contributed by atoms with Gasteiger partial charge in [0.05, 0.1) is 5.75 Å². The number of anilines is 1. The highest BCUT2D eigenvalue weighted by atomic mass is 79.9. The fourth-order valence-corrected chi connectivity index (χ4v) is 2.66. The summed E-state index contributed by atoms with van der Waals surface area (Å²) < 4.78 is 19.3. The largest absolute Gasteiger partial charge is 0.411 e. The van der Waals surface area contributed by atoms with E-state index in [0.29, 0.717) is 11.3 Å². The fourth-order valence-electron chi connectivity index (χ4n) is 1.83. The van der Waals surface area contributed by atoms with Crippen molar-refractivity contribution in [3.8, 4) is 11.5 Å². The molecule has 8 heteroatoms. The van der Waals surface area contributed by atoms with Crippen LogP contribution in [-0.4, -0.2) is 21.9 Å². The molecule has 0 spiro atoms. The van der Waals surface area contributed by atoms with E-state index in [2.05, 4.69) is 31.4 Å². The first kappa shape index (κ1) is 16.7. The highest BCUT2D eigenvalue weighted by molar-refractivity contribution is 9.10. The molecule has 0 saturated carbocycles. The van der Waals surface area contributed by atoms with Crippen molar-refractivity contribution in [1.82, 2.24) is 10.2 Å². The second-order valence-electron chi connectivity index (χ2n) is 4.72. The van der Waals surface area contributed by atoms with Gasteiger partial charge in [0.2, 0.25) is 11.8 Å². The summed E-state index contributed by atoms with van der Waals surface area (Å²) in [5.41, 5.74) is 1.33. The third-order valence-corrected chi connectivity index (χ3v) is 4.30. The molecule has 3 aromatic rings. The number of nitrogens with zero attached hydrogens (tertiary/aromatic N) is 2. The third-order valence-electron chi connectivity index (χ3n) is 2.95. The SMILES string of the molecule is O=C(CSc1nnc(-c2ccc(F)cc2)o1)Nc1ccc(Br)cc1. The summed E-state index contributed by atoms with van der Waals surface area (Å²) >= 11 is 4.47. The highest BCUT2D eigenvalue weighted by Crippen LogP contribution is 2.23. The zero-order chi connectivity index (χ0) is 16.9. The van der Waals surface area contributed by atoms with E-state index in [-0.39, 0.29) is 28.6 Å². The molecule has 0 aliphatic heterocycles. The first-order valence-corrected chi connectivity index (χ1v) is 8.66. The van der Waals surface area contributed by atoms with Crippen molar-refractivity contribution in [2.45, 2.75) is 5.22 Å². The molecule has 0 unspecified atom stereocenters. The molecule has 0 aliphatic rings. The van der Waals surface area contributed by atoms with Crippen molar-refractivity contribution in [2.24, 2.45) is 0 Å². The topological polar surface area (TPSA) is 68.0 Å². The standard InChI is InChI=1S/C16H11BrFN3O2S/c17-11-3-7-13(8-4-11)19-14(22)9-24-16-21-20-15(23-16)10-1-5-12(18)6-2-10/h1-8H,9H2,(H,19,22). The lowest BCUT2D eigenvalue weighted by molar-refractivity contribution is -0.113. The van der Waals surface area contributed by atoms with E-state index in [1.807, 2.05) is 12.1 Å². The summed E-state index contributed by atoms with van der Waals surface area (Å²) in [7, 11) is 0. The number of hydrogen-bond donors (Lipinski definition) is 1. The number of carbonyl (C=O) groups is 1. The Balaban J connectivity index is 1.56. The van der Waals surface area contributed by atoms with Crippen LogP contribution in [0.2, 0.25) is 0 Å². The Morgan fingerprint density at radius 3 is 2.54 bits per heavy atom. The number of halogens is 2. The van der Waals surface area contributed by atoms with Gasteiger partial charge in [-0.1, -0.05) is 27.7 Å². The first-order valence-electron chi connectivity index (χ1n) is 6.88. The summed E-state index contributed by atoms with van der Waals surface area (Å²) in [5.74, 6) is -0.0895. The number of thioether (sulfide) groups is 1. The van der Waals surface area contributed by atoms with Gasteiger partial charge in [-0.2, -0.15) is 0 Å². The Kier molecular flexibility index (Phi) is 5.27. The molecule has 0 radical (unpaired) electrons. The van der Waals surface area contributed by atoms with Crippen LogP contribution in [0.1, 0.15) is 0 Å². The number of nitrogens with one attached hydrogen (secondary N) is 1. The summed E-state index contributed by atoms with van der Waals surface area (Å²) in [4.78, 5) is 11.9. The lowest BCUT2D eigenvalue weighted by Crippen LogP contribution is -2.13. The summed E-state index contributed by atoms with van der Waals surface area (Å²) in [5, 5.41) is 10.8. The normalized spacial score (nSPS) is 10.6. The molecule has 0 bridgehead atoms. The molecule has 0 atom stereocenters. The zero-order valence-electron chi connectivity index (χ0n) is 12.2. The van der Waals surface area contributed by atoms with Crippen LogP contribution >= 0.6 is 27.7 Å². The average molecular weight is 408 g/mol. The number of carbonyl (C=O) groups excluding carboxylic acids is 1. The molecule has 0 aliphatic carbocycles. The molecule has 5 nitrogen and oxygen atoms in total. The van der Waals surface area contributed by atoms with Gasteiger partial charge in [0.15, 0.2) is 0 Å². The number of benzene rings is 2. The van der Waals surface area contributed by atoms with Crippen molar-refractivity contribution in [3.05, 3.63) is 58.8 Å². The minimum absolute atomic E-state index is 0.140. The average Bonchev–Trinajstić information content (AvgIpc) is 3.05. The molecule has 1 amide bonds. The quantitative estimate of drug-likeness (QED) is 0.635. The molecule has 3 rings (SSSR count). The summed E-state index contributed by atoms with van der Waals surface area (Å²) in [6, 6.07) is 13.0. The van der Waals surface area contributed by atoms with E-state index in [1.165, 1.54) is 12.1 Å². The van der Waals surface area contributed by atoms with Gasteiger partial charge in [-0.3, -0.25) is 4.79 Å². The van der Waals surface area contributed by atoms with Gasteiger partial charge in [0.25, 0.3) is 5.22 Å². The van der Waals surface area contributed by atoms with Crippen LogP contribution in [0.5, 0.6) is 0 Å². The van der Waals surface area contributed by atoms with Gasteiger partial charge >= 0.3 is 0 Å². The summed E-state index contributed by atoms with van der Waals surface area (Å²) in [6.07, 6.45) is 0. The van der Waals surface area contributed by atoms with Crippen molar-refractivity contribution < 1.29 is 13.6 Å². The van der Waals surface area contributed by atoms with Crippen molar-refractivity contribution >= 4 is 39.3 Å². The van der Waals surface area contributed by atoms with Gasteiger partial charge < -0.3 is 9.73 Å². The fraction of sp³-hybridized carbons (Fsp3) is 0.0625. The second-order valence-corrected chi connectivity index (χ2v) is 6.57. The molecule has 0 fully saturated rings. The molecule has 1 heterocycles. The summed E-state index contributed by atoms with van der Waals surface area (Å²) in [6.45, 7) is 0. The minimum Gasteiger partial charge on any atom is -0.411 e. The van der Waals surface area contributed by atoms with Crippen LogP contribution in [0.15, 0.2) is 62.6 Å². The van der Waals surface area contributed by atoms with E-state index < -0.39 is 0 Å². The zero-order valence-corrected chi connectivity index (χ0v) is 14.6. The Hall–Kier alpha value is -2.19. The Morgan fingerprint density at radius 2 is 1.83 bits per heavy atom.